The van der Waals surface area contributed by atoms with Gasteiger partial charge in [0.1, 0.15) is 0 Å². The predicted octanol–water partition coefficient (Wildman–Crippen LogP) is 3.28. The highest BCUT2D eigenvalue weighted by Gasteiger charge is 2.17. The molecule has 0 aromatic carbocycles. The molecule has 0 atom stereocenters. The van der Waals surface area contributed by atoms with Crippen molar-refractivity contribution in [3.63, 3.8) is 0 Å². The maximum atomic E-state index is 5.67. The van der Waals surface area contributed by atoms with Gasteiger partial charge in [0, 0.05) is 18.0 Å². The van der Waals surface area contributed by atoms with E-state index >= 15 is 0 Å². The fourth-order valence-electron chi connectivity index (χ4n) is 1.60. The summed E-state index contributed by atoms with van der Waals surface area (Å²) in [6, 6.07) is 4.20. The van der Waals surface area contributed by atoms with Gasteiger partial charge in [0.25, 0.3) is 0 Å². The largest absolute Gasteiger partial charge is 0.478 e. The molecule has 0 unspecified atom stereocenters. The first-order valence-electron chi connectivity index (χ1n) is 6.82. The number of rotatable bonds is 6. The van der Waals surface area contributed by atoms with Gasteiger partial charge in [0.05, 0.1) is 12.3 Å². The van der Waals surface area contributed by atoms with Crippen molar-refractivity contribution in [2.75, 3.05) is 13.2 Å². The van der Waals surface area contributed by atoms with E-state index in [1.807, 2.05) is 6.07 Å². The van der Waals surface area contributed by atoms with Gasteiger partial charge in [-0.1, -0.05) is 34.6 Å². The molecule has 0 spiro atoms. The Labute approximate surface area is 111 Å². The monoisotopic (exact) mass is 250 g/mol. The number of nitrogens with zero attached hydrogens (tertiary/aromatic N) is 1. The second kappa shape index (κ2) is 6.74. The lowest BCUT2D eigenvalue weighted by Crippen LogP contribution is -2.17. The van der Waals surface area contributed by atoms with Crippen LogP contribution in [0.25, 0.3) is 0 Å². The van der Waals surface area contributed by atoms with Crippen LogP contribution in [0, 0.1) is 0 Å². The van der Waals surface area contributed by atoms with E-state index in [0.717, 1.165) is 37.7 Å². The number of nitrogens with one attached hydrogen (secondary N) is 1. The van der Waals surface area contributed by atoms with Crippen LogP contribution in [0.1, 0.15) is 52.3 Å². The third-order valence-corrected chi connectivity index (χ3v) is 2.66. The van der Waals surface area contributed by atoms with Crippen molar-refractivity contribution < 1.29 is 4.74 Å². The number of hydrogen-bond acceptors (Lipinski definition) is 3. The molecular weight excluding hydrogens is 224 g/mol. The van der Waals surface area contributed by atoms with Gasteiger partial charge in [0.15, 0.2) is 0 Å². The van der Waals surface area contributed by atoms with Crippen LogP contribution in [0.3, 0.4) is 0 Å². The van der Waals surface area contributed by atoms with Crippen molar-refractivity contribution in [3.8, 4) is 5.88 Å². The number of hydrogen-bond donors (Lipinski definition) is 1. The molecule has 1 aromatic heterocycles. The molecule has 0 aliphatic heterocycles. The van der Waals surface area contributed by atoms with Gasteiger partial charge in [-0.3, -0.25) is 0 Å². The Morgan fingerprint density at radius 1 is 1.22 bits per heavy atom. The average molecular weight is 250 g/mol. The van der Waals surface area contributed by atoms with E-state index in [9.17, 15) is 0 Å². The third-order valence-electron chi connectivity index (χ3n) is 2.66. The Morgan fingerprint density at radius 3 is 2.50 bits per heavy atom. The molecule has 18 heavy (non-hydrogen) atoms. The summed E-state index contributed by atoms with van der Waals surface area (Å²) in [7, 11) is 0. The molecule has 1 N–H and O–H groups in total. The lowest BCUT2D eigenvalue weighted by Gasteiger charge is -2.20. The fourth-order valence-corrected chi connectivity index (χ4v) is 1.60. The molecule has 0 aliphatic rings. The van der Waals surface area contributed by atoms with Gasteiger partial charge in [0.2, 0.25) is 5.88 Å². The van der Waals surface area contributed by atoms with Crippen molar-refractivity contribution >= 4 is 0 Å². The standard InChI is InChI=1S/C15H26N2O/c1-6-8-18-14-10-12(11-16-7-2)9-13(17-14)15(3,4)5/h9-10,16H,6-8,11H2,1-5H3. The van der Waals surface area contributed by atoms with E-state index in [2.05, 4.69) is 51.0 Å². The normalized spacial score (nSPS) is 11.6. The number of pyridine rings is 1. The number of ether oxygens (including phenoxy) is 1. The zero-order valence-electron chi connectivity index (χ0n) is 12.3. The molecule has 102 valence electrons. The summed E-state index contributed by atoms with van der Waals surface area (Å²) in [6.07, 6.45) is 1.00. The van der Waals surface area contributed by atoms with Crippen molar-refractivity contribution in [3.05, 3.63) is 23.4 Å². The predicted molar refractivity (Wildman–Crippen MR) is 76.1 cm³/mol. The molecule has 0 radical (unpaired) electrons. The second-order valence-electron chi connectivity index (χ2n) is 5.58. The highest BCUT2D eigenvalue weighted by molar-refractivity contribution is 5.28. The van der Waals surface area contributed by atoms with Crippen molar-refractivity contribution in [1.82, 2.24) is 10.3 Å². The molecular formula is C15H26N2O. The molecule has 0 bridgehead atoms. The van der Waals surface area contributed by atoms with E-state index in [-0.39, 0.29) is 5.41 Å². The summed E-state index contributed by atoms with van der Waals surface area (Å²) in [6.45, 7) is 13.3. The summed E-state index contributed by atoms with van der Waals surface area (Å²) in [5.74, 6) is 0.747. The number of aromatic nitrogens is 1. The summed E-state index contributed by atoms with van der Waals surface area (Å²) in [4.78, 5) is 4.60. The Kier molecular flexibility index (Phi) is 5.60. The SMILES string of the molecule is CCCOc1cc(CNCC)cc(C(C)(C)C)n1. The van der Waals surface area contributed by atoms with E-state index in [1.54, 1.807) is 0 Å². The van der Waals surface area contributed by atoms with Crippen molar-refractivity contribution in [2.45, 2.75) is 53.0 Å². The lowest BCUT2D eigenvalue weighted by molar-refractivity contribution is 0.302. The second-order valence-corrected chi connectivity index (χ2v) is 5.58. The molecule has 3 nitrogen and oxygen atoms in total. The first-order chi connectivity index (χ1) is 8.47. The Balaban J connectivity index is 2.96. The van der Waals surface area contributed by atoms with Crippen LogP contribution >= 0.6 is 0 Å². The molecule has 0 saturated carbocycles. The van der Waals surface area contributed by atoms with E-state index < -0.39 is 0 Å². The van der Waals surface area contributed by atoms with Gasteiger partial charge in [-0.2, -0.15) is 0 Å². The first kappa shape index (κ1) is 15.0. The van der Waals surface area contributed by atoms with Crippen LogP contribution < -0.4 is 10.1 Å². The quantitative estimate of drug-likeness (QED) is 0.841. The van der Waals surface area contributed by atoms with Gasteiger partial charge in [-0.05, 0) is 24.6 Å². The van der Waals surface area contributed by atoms with Gasteiger partial charge < -0.3 is 10.1 Å². The van der Waals surface area contributed by atoms with Crippen LogP contribution in [0.4, 0.5) is 0 Å². The van der Waals surface area contributed by atoms with Crippen LogP contribution in [0.5, 0.6) is 5.88 Å². The smallest absolute Gasteiger partial charge is 0.213 e. The van der Waals surface area contributed by atoms with Crippen LogP contribution in [-0.2, 0) is 12.0 Å². The minimum Gasteiger partial charge on any atom is -0.478 e. The maximum absolute atomic E-state index is 5.67. The van der Waals surface area contributed by atoms with Crippen molar-refractivity contribution in [2.24, 2.45) is 0 Å². The molecule has 0 aliphatic carbocycles. The van der Waals surface area contributed by atoms with E-state index in [1.165, 1.54) is 5.56 Å². The summed E-state index contributed by atoms with van der Waals surface area (Å²) in [5.41, 5.74) is 2.37. The van der Waals surface area contributed by atoms with Gasteiger partial charge in [-0.15, -0.1) is 0 Å². The first-order valence-corrected chi connectivity index (χ1v) is 6.82. The Bertz CT molecular complexity index is 343. The highest BCUT2D eigenvalue weighted by Crippen LogP contribution is 2.24. The molecule has 0 amide bonds. The maximum Gasteiger partial charge on any atom is 0.213 e. The average Bonchev–Trinajstić information content (AvgIpc) is 2.32. The van der Waals surface area contributed by atoms with E-state index in [0.29, 0.717) is 0 Å². The molecule has 1 aromatic rings. The van der Waals surface area contributed by atoms with Crippen LogP contribution in [-0.4, -0.2) is 18.1 Å². The lowest BCUT2D eigenvalue weighted by atomic mass is 9.91. The summed E-state index contributed by atoms with van der Waals surface area (Å²) < 4.78 is 5.67. The van der Waals surface area contributed by atoms with Gasteiger partial charge in [-0.25, -0.2) is 4.98 Å². The molecule has 0 saturated heterocycles. The Morgan fingerprint density at radius 2 is 1.94 bits per heavy atom. The third kappa shape index (κ3) is 4.65. The van der Waals surface area contributed by atoms with Crippen molar-refractivity contribution in [1.29, 1.82) is 0 Å². The molecule has 1 heterocycles. The molecule has 1 rings (SSSR count). The minimum absolute atomic E-state index is 0.0482. The van der Waals surface area contributed by atoms with Gasteiger partial charge >= 0.3 is 0 Å². The van der Waals surface area contributed by atoms with Crippen LogP contribution in [0.15, 0.2) is 12.1 Å². The Hall–Kier alpha value is -1.09. The minimum atomic E-state index is 0.0482. The highest BCUT2D eigenvalue weighted by atomic mass is 16.5. The zero-order valence-corrected chi connectivity index (χ0v) is 12.3. The van der Waals surface area contributed by atoms with Crippen LogP contribution in [0.2, 0.25) is 0 Å². The fraction of sp³-hybridized carbons (Fsp3) is 0.667. The topological polar surface area (TPSA) is 34.1 Å². The zero-order chi connectivity index (χ0) is 13.6. The molecule has 0 fully saturated rings. The summed E-state index contributed by atoms with van der Waals surface area (Å²) >= 11 is 0. The molecule has 3 heteroatoms. The van der Waals surface area contributed by atoms with E-state index in [4.69, 9.17) is 4.74 Å². The summed E-state index contributed by atoms with van der Waals surface area (Å²) in [5, 5.41) is 3.34.